The Kier molecular flexibility index (Phi) is 7.06. The van der Waals surface area contributed by atoms with Crippen molar-refractivity contribution < 1.29 is 14.3 Å². The summed E-state index contributed by atoms with van der Waals surface area (Å²) >= 11 is 0. The maximum absolute atomic E-state index is 10.5. The van der Waals surface area contributed by atoms with Crippen LogP contribution >= 0.6 is 0 Å². The molecule has 0 bridgehead atoms. The lowest BCUT2D eigenvalue weighted by Gasteiger charge is -2.16. The minimum absolute atomic E-state index is 0.264. The van der Waals surface area contributed by atoms with Gasteiger partial charge >= 0.3 is 5.97 Å². The van der Waals surface area contributed by atoms with Gasteiger partial charge in [-0.05, 0) is 12.6 Å². The van der Waals surface area contributed by atoms with Gasteiger partial charge in [0, 0.05) is 20.0 Å². The van der Waals surface area contributed by atoms with Crippen LogP contribution in [0.25, 0.3) is 0 Å². The molecular formula is C14H21NO3. The predicted octanol–water partition coefficient (Wildman–Crippen LogP) is 1.70. The summed E-state index contributed by atoms with van der Waals surface area (Å²) in [4.78, 5) is 12.7. The van der Waals surface area contributed by atoms with Gasteiger partial charge in [-0.1, -0.05) is 30.3 Å². The smallest absolute Gasteiger partial charge is 0.302 e. The van der Waals surface area contributed by atoms with Crippen molar-refractivity contribution >= 4 is 5.97 Å². The van der Waals surface area contributed by atoms with Gasteiger partial charge in [0.25, 0.3) is 0 Å². The van der Waals surface area contributed by atoms with Gasteiger partial charge in [0.15, 0.2) is 0 Å². The number of carbonyl (C=O) groups is 1. The molecule has 1 aromatic carbocycles. The Labute approximate surface area is 108 Å². The van der Waals surface area contributed by atoms with Crippen molar-refractivity contribution in [3.8, 4) is 0 Å². The molecule has 1 rings (SSSR count). The Balaban J connectivity index is 2.03. The second-order valence-corrected chi connectivity index (χ2v) is 4.18. The molecule has 1 aromatic rings. The molecule has 0 aliphatic carbocycles. The predicted molar refractivity (Wildman–Crippen MR) is 70.2 cm³/mol. The van der Waals surface area contributed by atoms with E-state index < -0.39 is 0 Å². The number of likely N-dealkylation sites (N-methyl/N-ethyl adjacent to an activating group) is 1. The summed E-state index contributed by atoms with van der Waals surface area (Å²) in [6.45, 7) is 4.60. The monoisotopic (exact) mass is 251 g/mol. The van der Waals surface area contributed by atoms with Crippen molar-refractivity contribution in [2.75, 3.05) is 33.4 Å². The van der Waals surface area contributed by atoms with Crippen LogP contribution in [-0.2, 0) is 20.8 Å². The van der Waals surface area contributed by atoms with Gasteiger partial charge in [-0.3, -0.25) is 9.69 Å². The molecule has 18 heavy (non-hydrogen) atoms. The molecule has 0 N–H and O–H groups in total. The normalized spacial score (nSPS) is 10.6. The molecule has 4 nitrogen and oxygen atoms in total. The van der Waals surface area contributed by atoms with Crippen LogP contribution in [0.3, 0.4) is 0 Å². The van der Waals surface area contributed by atoms with Crippen LogP contribution in [0.4, 0.5) is 0 Å². The molecule has 0 fully saturated rings. The van der Waals surface area contributed by atoms with Crippen LogP contribution in [0.15, 0.2) is 30.3 Å². The second-order valence-electron chi connectivity index (χ2n) is 4.18. The average molecular weight is 251 g/mol. The molecule has 0 heterocycles. The Hall–Kier alpha value is -1.39. The molecule has 0 saturated heterocycles. The molecule has 0 aromatic heterocycles. The number of ether oxygens (including phenoxy) is 2. The van der Waals surface area contributed by atoms with Gasteiger partial charge in [-0.25, -0.2) is 0 Å². The minimum atomic E-state index is -0.264. The van der Waals surface area contributed by atoms with Crippen LogP contribution in [0.5, 0.6) is 0 Å². The van der Waals surface area contributed by atoms with Crippen molar-refractivity contribution in [1.29, 1.82) is 0 Å². The summed E-state index contributed by atoms with van der Waals surface area (Å²) < 4.78 is 10.1. The molecule has 0 radical (unpaired) electrons. The Morgan fingerprint density at radius 3 is 2.56 bits per heavy atom. The third kappa shape index (κ3) is 7.04. The van der Waals surface area contributed by atoms with Gasteiger partial charge in [-0.2, -0.15) is 0 Å². The quantitative estimate of drug-likeness (QED) is 0.521. The first-order valence-corrected chi connectivity index (χ1v) is 6.12. The first-order chi connectivity index (χ1) is 8.68. The lowest BCUT2D eigenvalue weighted by molar-refractivity contribution is -0.142. The van der Waals surface area contributed by atoms with E-state index in [2.05, 4.69) is 24.1 Å². The zero-order valence-corrected chi connectivity index (χ0v) is 11.1. The van der Waals surface area contributed by atoms with Crippen molar-refractivity contribution in [2.45, 2.75) is 13.5 Å². The van der Waals surface area contributed by atoms with Crippen LogP contribution in [0.1, 0.15) is 12.5 Å². The van der Waals surface area contributed by atoms with Crippen LogP contribution < -0.4 is 0 Å². The molecule has 0 amide bonds. The highest BCUT2D eigenvalue weighted by atomic mass is 16.6. The molecule has 0 aliphatic heterocycles. The number of nitrogens with zero attached hydrogens (tertiary/aromatic N) is 1. The van der Waals surface area contributed by atoms with E-state index in [1.807, 2.05) is 18.2 Å². The number of hydrogen-bond acceptors (Lipinski definition) is 4. The van der Waals surface area contributed by atoms with E-state index >= 15 is 0 Å². The lowest BCUT2D eigenvalue weighted by atomic mass is 10.2. The fourth-order valence-electron chi connectivity index (χ4n) is 1.54. The number of carbonyl (C=O) groups excluding carboxylic acids is 1. The van der Waals surface area contributed by atoms with E-state index in [4.69, 9.17) is 9.47 Å². The molecule has 0 atom stereocenters. The first-order valence-electron chi connectivity index (χ1n) is 6.12. The number of esters is 1. The van der Waals surface area contributed by atoms with Crippen molar-refractivity contribution in [1.82, 2.24) is 4.90 Å². The van der Waals surface area contributed by atoms with Gasteiger partial charge < -0.3 is 9.47 Å². The molecule has 0 aliphatic rings. The second kappa shape index (κ2) is 8.66. The SMILES string of the molecule is CC(=O)OCCOCCN(C)Cc1ccccc1. The van der Waals surface area contributed by atoms with Gasteiger partial charge in [0.1, 0.15) is 6.61 Å². The third-order valence-corrected chi connectivity index (χ3v) is 2.45. The molecule has 0 unspecified atom stereocenters. The highest BCUT2D eigenvalue weighted by Crippen LogP contribution is 2.01. The van der Waals surface area contributed by atoms with Crippen LogP contribution in [0.2, 0.25) is 0 Å². The Morgan fingerprint density at radius 2 is 1.89 bits per heavy atom. The standard InChI is InChI=1S/C14H21NO3/c1-13(16)18-11-10-17-9-8-15(2)12-14-6-4-3-5-7-14/h3-7H,8-12H2,1-2H3. The summed E-state index contributed by atoms with van der Waals surface area (Å²) in [5.74, 6) is -0.264. The van der Waals surface area contributed by atoms with E-state index in [1.165, 1.54) is 12.5 Å². The van der Waals surface area contributed by atoms with E-state index in [-0.39, 0.29) is 5.97 Å². The zero-order valence-electron chi connectivity index (χ0n) is 11.1. The maximum atomic E-state index is 10.5. The fourth-order valence-corrected chi connectivity index (χ4v) is 1.54. The average Bonchev–Trinajstić information content (AvgIpc) is 2.34. The summed E-state index contributed by atoms with van der Waals surface area (Å²) in [5, 5.41) is 0. The first kappa shape index (κ1) is 14.7. The Bertz CT molecular complexity index is 340. The third-order valence-electron chi connectivity index (χ3n) is 2.45. The van der Waals surface area contributed by atoms with Gasteiger partial charge in [-0.15, -0.1) is 0 Å². The van der Waals surface area contributed by atoms with Gasteiger partial charge in [0.2, 0.25) is 0 Å². The van der Waals surface area contributed by atoms with E-state index in [0.29, 0.717) is 19.8 Å². The van der Waals surface area contributed by atoms with E-state index in [1.54, 1.807) is 0 Å². The number of benzene rings is 1. The fraction of sp³-hybridized carbons (Fsp3) is 0.500. The topological polar surface area (TPSA) is 38.8 Å². The molecule has 0 spiro atoms. The highest BCUT2D eigenvalue weighted by Gasteiger charge is 2.00. The summed E-state index contributed by atoms with van der Waals surface area (Å²) in [5.41, 5.74) is 1.29. The van der Waals surface area contributed by atoms with E-state index in [0.717, 1.165) is 13.1 Å². The highest BCUT2D eigenvalue weighted by molar-refractivity contribution is 5.65. The largest absolute Gasteiger partial charge is 0.463 e. The van der Waals surface area contributed by atoms with Crippen LogP contribution in [-0.4, -0.2) is 44.3 Å². The summed E-state index contributed by atoms with van der Waals surface area (Å²) in [6, 6.07) is 10.3. The lowest BCUT2D eigenvalue weighted by Crippen LogP contribution is -2.23. The molecule has 0 saturated carbocycles. The van der Waals surface area contributed by atoms with Gasteiger partial charge in [0.05, 0.1) is 13.2 Å². The maximum Gasteiger partial charge on any atom is 0.302 e. The minimum Gasteiger partial charge on any atom is -0.463 e. The number of hydrogen-bond donors (Lipinski definition) is 0. The van der Waals surface area contributed by atoms with Crippen molar-refractivity contribution in [3.05, 3.63) is 35.9 Å². The molecular weight excluding hydrogens is 230 g/mol. The Morgan fingerprint density at radius 1 is 1.17 bits per heavy atom. The van der Waals surface area contributed by atoms with E-state index in [9.17, 15) is 4.79 Å². The summed E-state index contributed by atoms with van der Waals surface area (Å²) in [6.07, 6.45) is 0. The van der Waals surface area contributed by atoms with Crippen molar-refractivity contribution in [2.24, 2.45) is 0 Å². The zero-order chi connectivity index (χ0) is 13.2. The number of rotatable bonds is 8. The molecule has 4 heteroatoms. The van der Waals surface area contributed by atoms with Crippen molar-refractivity contribution in [3.63, 3.8) is 0 Å². The molecule has 100 valence electrons. The van der Waals surface area contributed by atoms with Crippen LogP contribution in [0, 0.1) is 0 Å². The summed E-state index contributed by atoms with van der Waals surface area (Å²) in [7, 11) is 2.06.